The molecule has 0 aromatic heterocycles. The van der Waals surface area contributed by atoms with Crippen molar-refractivity contribution >= 4 is 0 Å². The van der Waals surface area contributed by atoms with Gasteiger partial charge < -0.3 is 14.6 Å². The van der Waals surface area contributed by atoms with Gasteiger partial charge in [0.2, 0.25) is 0 Å². The fraction of sp³-hybridized carbons (Fsp3) is 0.500. The number of benzene rings is 1. The smallest absolute Gasteiger partial charge is 0.132 e. The largest absolute Gasteiger partial charge is 0.491 e. The molecule has 90 valence electrons. The maximum absolute atomic E-state index is 13.4. The van der Waals surface area contributed by atoms with E-state index >= 15 is 0 Å². The Bertz CT molecular complexity index is 326. The molecule has 0 saturated carbocycles. The van der Waals surface area contributed by atoms with Gasteiger partial charge in [0.05, 0.1) is 12.7 Å². The van der Waals surface area contributed by atoms with Gasteiger partial charge >= 0.3 is 0 Å². The quantitative estimate of drug-likeness (QED) is 0.759. The first-order valence-corrected chi connectivity index (χ1v) is 5.33. The zero-order chi connectivity index (χ0) is 12.0. The summed E-state index contributed by atoms with van der Waals surface area (Å²) in [5, 5.41) is 9.24. The molecule has 0 aliphatic carbocycles. The van der Waals surface area contributed by atoms with Gasteiger partial charge in [0.1, 0.15) is 18.2 Å². The Kier molecular flexibility index (Phi) is 5.22. The van der Waals surface area contributed by atoms with E-state index in [0.29, 0.717) is 25.6 Å². The van der Waals surface area contributed by atoms with Crippen molar-refractivity contribution in [1.29, 1.82) is 0 Å². The summed E-state index contributed by atoms with van der Waals surface area (Å²) in [5.74, 6) is -0.00878. The highest BCUT2D eigenvalue weighted by molar-refractivity contribution is 5.29. The van der Waals surface area contributed by atoms with Crippen molar-refractivity contribution in [1.82, 2.24) is 0 Å². The predicted molar refractivity (Wildman–Crippen MR) is 59.0 cm³/mol. The Morgan fingerprint density at radius 3 is 2.69 bits per heavy atom. The van der Waals surface area contributed by atoms with Crippen molar-refractivity contribution in [3.05, 3.63) is 29.6 Å². The predicted octanol–water partition coefficient (Wildman–Crippen LogP) is 2.29. The number of ether oxygens (including phenoxy) is 2. The number of aliphatic hydroxyl groups excluding tert-OH is 1. The molecule has 0 fully saturated rings. The molecule has 0 heterocycles. The zero-order valence-corrected chi connectivity index (χ0v) is 9.57. The molecule has 1 N–H and O–H groups in total. The van der Waals surface area contributed by atoms with Gasteiger partial charge in [0, 0.05) is 18.2 Å². The molecule has 0 saturated heterocycles. The minimum Gasteiger partial charge on any atom is -0.491 e. The third-order valence-electron chi connectivity index (χ3n) is 2.12. The van der Waals surface area contributed by atoms with Crippen molar-refractivity contribution in [2.24, 2.45) is 0 Å². The van der Waals surface area contributed by atoms with E-state index in [1.807, 2.05) is 6.92 Å². The van der Waals surface area contributed by atoms with E-state index in [2.05, 4.69) is 0 Å². The van der Waals surface area contributed by atoms with Gasteiger partial charge in [-0.15, -0.1) is 0 Å². The molecule has 0 radical (unpaired) electrons. The van der Waals surface area contributed by atoms with E-state index in [9.17, 15) is 9.50 Å². The molecule has 0 aliphatic heterocycles. The van der Waals surface area contributed by atoms with Gasteiger partial charge in [-0.2, -0.15) is 0 Å². The van der Waals surface area contributed by atoms with Crippen LogP contribution >= 0.6 is 0 Å². The Balaban J connectivity index is 2.53. The lowest BCUT2D eigenvalue weighted by Crippen LogP contribution is -2.06. The Morgan fingerprint density at radius 1 is 1.38 bits per heavy atom. The number of aliphatic hydroxyl groups is 1. The summed E-state index contributed by atoms with van der Waals surface area (Å²) in [5.41, 5.74) is 0.275. The first-order chi connectivity index (χ1) is 7.65. The molecule has 4 heteroatoms. The highest BCUT2D eigenvalue weighted by Crippen LogP contribution is 2.21. The molecular formula is C12H17FO3. The monoisotopic (exact) mass is 228 g/mol. The summed E-state index contributed by atoms with van der Waals surface area (Å²) in [6.45, 7) is 4.93. The summed E-state index contributed by atoms with van der Waals surface area (Å²) < 4.78 is 23.8. The minimum absolute atomic E-state index is 0.275. The summed E-state index contributed by atoms with van der Waals surface area (Å²) in [4.78, 5) is 0. The zero-order valence-electron chi connectivity index (χ0n) is 9.57. The average molecular weight is 228 g/mol. The van der Waals surface area contributed by atoms with Crippen LogP contribution in [0.1, 0.15) is 25.5 Å². The van der Waals surface area contributed by atoms with E-state index in [1.165, 1.54) is 19.1 Å². The maximum atomic E-state index is 13.4. The van der Waals surface area contributed by atoms with E-state index in [4.69, 9.17) is 9.47 Å². The first kappa shape index (κ1) is 12.9. The lowest BCUT2D eigenvalue weighted by Gasteiger charge is -2.09. The molecule has 0 unspecified atom stereocenters. The van der Waals surface area contributed by atoms with Crippen LogP contribution < -0.4 is 4.74 Å². The van der Waals surface area contributed by atoms with Crippen molar-refractivity contribution in [2.75, 3.05) is 19.8 Å². The Hall–Kier alpha value is -1.13. The van der Waals surface area contributed by atoms with Gasteiger partial charge in [-0.1, -0.05) is 0 Å². The molecule has 0 spiro atoms. The second kappa shape index (κ2) is 6.45. The standard InChI is InChI=1S/C12H17FO3/c1-3-15-6-7-16-10-4-5-11(9(2)14)12(13)8-10/h4-5,8-9,14H,3,6-7H2,1-2H3/t9-/m0/s1. The Labute approximate surface area is 94.8 Å². The number of rotatable bonds is 6. The lowest BCUT2D eigenvalue weighted by molar-refractivity contribution is 0.110. The molecule has 0 bridgehead atoms. The van der Waals surface area contributed by atoms with E-state index < -0.39 is 11.9 Å². The van der Waals surface area contributed by atoms with Crippen molar-refractivity contribution in [2.45, 2.75) is 20.0 Å². The lowest BCUT2D eigenvalue weighted by atomic mass is 10.1. The van der Waals surface area contributed by atoms with Gasteiger partial charge in [0.15, 0.2) is 0 Å². The molecular weight excluding hydrogens is 211 g/mol. The first-order valence-electron chi connectivity index (χ1n) is 5.33. The maximum Gasteiger partial charge on any atom is 0.132 e. The molecule has 1 aromatic rings. The summed E-state index contributed by atoms with van der Waals surface area (Å²) in [6.07, 6.45) is -0.808. The summed E-state index contributed by atoms with van der Waals surface area (Å²) >= 11 is 0. The summed E-state index contributed by atoms with van der Waals surface area (Å²) in [7, 11) is 0. The molecule has 1 aromatic carbocycles. The van der Waals surface area contributed by atoms with Crippen LogP contribution in [-0.2, 0) is 4.74 Å². The fourth-order valence-electron chi connectivity index (χ4n) is 1.30. The van der Waals surface area contributed by atoms with Crippen molar-refractivity contribution < 1.29 is 19.0 Å². The van der Waals surface area contributed by atoms with Crippen LogP contribution in [0.15, 0.2) is 18.2 Å². The van der Waals surface area contributed by atoms with E-state index in [0.717, 1.165) is 0 Å². The second-order valence-corrected chi connectivity index (χ2v) is 3.40. The highest BCUT2D eigenvalue weighted by atomic mass is 19.1. The van der Waals surface area contributed by atoms with Gasteiger partial charge in [-0.25, -0.2) is 4.39 Å². The molecule has 0 aliphatic rings. The van der Waals surface area contributed by atoms with Crippen molar-refractivity contribution in [3.8, 4) is 5.75 Å². The van der Waals surface area contributed by atoms with E-state index in [-0.39, 0.29) is 5.56 Å². The Morgan fingerprint density at radius 2 is 2.12 bits per heavy atom. The van der Waals surface area contributed by atoms with Crippen molar-refractivity contribution in [3.63, 3.8) is 0 Å². The van der Waals surface area contributed by atoms with Crippen LogP contribution in [0.2, 0.25) is 0 Å². The van der Waals surface area contributed by atoms with Crippen LogP contribution in [0.5, 0.6) is 5.75 Å². The molecule has 1 rings (SSSR count). The van der Waals surface area contributed by atoms with Gasteiger partial charge in [-0.05, 0) is 26.0 Å². The normalized spacial score (nSPS) is 12.5. The molecule has 1 atom stereocenters. The number of halogens is 1. The fourth-order valence-corrected chi connectivity index (χ4v) is 1.30. The third-order valence-corrected chi connectivity index (χ3v) is 2.12. The topological polar surface area (TPSA) is 38.7 Å². The average Bonchev–Trinajstić information content (AvgIpc) is 2.24. The molecule has 0 amide bonds. The molecule has 16 heavy (non-hydrogen) atoms. The van der Waals surface area contributed by atoms with Crippen LogP contribution in [0.25, 0.3) is 0 Å². The number of hydrogen-bond donors (Lipinski definition) is 1. The number of hydrogen-bond acceptors (Lipinski definition) is 3. The summed E-state index contributed by atoms with van der Waals surface area (Å²) in [6, 6.07) is 4.43. The van der Waals surface area contributed by atoms with Gasteiger partial charge in [-0.3, -0.25) is 0 Å². The van der Waals surface area contributed by atoms with Gasteiger partial charge in [0.25, 0.3) is 0 Å². The minimum atomic E-state index is -0.808. The van der Waals surface area contributed by atoms with E-state index in [1.54, 1.807) is 6.07 Å². The SMILES string of the molecule is CCOCCOc1ccc([C@H](C)O)c(F)c1. The highest BCUT2D eigenvalue weighted by Gasteiger charge is 2.08. The van der Waals surface area contributed by atoms with Crippen LogP contribution in [0.3, 0.4) is 0 Å². The van der Waals surface area contributed by atoms with Crippen LogP contribution in [-0.4, -0.2) is 24.9 Å². The van der Waals surface area contributed by atoms with Crippen LogP contribution in [0.4, 0.5) is 4.39 Å². The third kappa shape index (κ3) is 3.79. The van der Waals surface area contributed by atoms with Crippen LogP contribution in [0, 0.1) is 5.82 Å². The molecule has 3 nitrogen and oxygen atoms in total. The second-order valence-electron chi connectivity index (χ2n) is 3.40.